The van der Waals surface area contributed by atoms with Crippen LogP contribution in [-0.4, -0.2) is 18.0 Å². The summed E-state index contributed by atoms with van der Waals surface area (Å²) in [5.74, 6) is -1.31. The first-order valence-corrected chi connectivity index (χ1v) is 7.48. The summed E-state index contributed by atoms with van der Waals surface area (Å²) in [6.07, 6.45) is 4.87. The summed E-state index contributed by atoms with van der Waals surface area (Å²) in [5, 5.41) is 6.34. The Labute approximate surface area is 123 Å². The fourth-order valence-corrected chi connectivity index (χ4v) is 3.45. The van der Waals surface area contributed by atoms with Crippen molar-refractivity contribution in [1.82, 2.24) is 10.6 Å². The molecule has 114 valence electrons. The van der Waals surface area contributed by atoms with E-state index in [4.69, 9.17) is 0 Å². The van der Waals surface area contributed by atoms with Crippen molar-refractivity contribution in [2.24, 2.45) is 0 Å². The molecular weight excluding hydrogens is 274 g/mol. The third-order valence-electron chi connectivity index (χ3n) is 4.81. The highest BCUT2D eigenvalue weighted by molar-refractivity contribution is 5.88. The highest BCUT2D eigenvalue weighted by atomic mass is 19.1. The first-order chi connectivity index (χ1) is 9.93. The maximum absolute atomic E-state index is 13.4. The average Bonchev–Trinajstić information content (AvgIpc) is 2.44. The highest BCUT2D eigenvalue weighted by Gasteiger charge is 2.47. The summed E-state index contributed by atoms with van der Waals surface area (Å²) in [4.78, 5) is 12.6. The molecule has 0 aromatic heterocycles. The summed E-state index contributed by atoms with van der Waals surface area (Å²) < 4.78 is 26.9. The Morgan fingerprint density at radius 2 is 1.67 bits per heavy atom. The number of carbonyl (C=O) groups excluding carboxylic acids is 1. The van der Waals surface area contributed by atoms with E-state index in [0.717, 1.165) is 38.2 Å². The number of carbonyl (C=O) groups is 1. The smallest absolute Gasteiger partial charge is 0.241 e. The Morgan fingerprint density at radius 1 is 1.05 bits per heavy atom. The van der Waals surface area contributed by atoms with E-state index >= 15 is 0 Å². The first-order valence-electron chi connectivity index (χ1n) is 7.48. The van der Waals surface area contributed by atoms with Crippen LogP contribution < -0.4 is 10.6 Å². The molecule has 21 heavy (non-hydrogen) atoms. The number of rotatable bonds is 1. The van der Waals surface area contributed by atoms with Gasteiger partial charge in [0.25, 0.3) is 0 Å². The minimum absolute atomic E-state index is 0.0550. The Morgan fingerprint density at radius 3 is 2.24 bits per heavy atom. The van der Waals surface area contributed by atoms with Gasteiger partial charge in [0, 0.05) is 12.6 Å². The van der Waals surface area contributed by atoms with Crippen molar-refractivity contribution < 1.29 is 13.6 Å². The predicted molar refractivity (Wildman–Crippen MR) is 75.7 cm³/mol. The second-order valence-electron chi connectivity index (χ2n) is 6.44. The minimum atomic E-state index is -0.789. The van der Waals surface area contributed by atoms with Crippen molar-refractivity contribution in [3.8, 4) is 0 Å². The Kier molecular flexibility index (Phi) is 3.48. The maximum atomic E-state index is 13.4. The lowest BCUT2D eigenvalue weighted by Gasteiger charge is -2.47. The van der Waals surface area contributed by atoms with Gasteiger partial charge >= 0.3 is 0 Å². The van der Waals surface area contributed by atoms with E-state index in [1.165, 1.54) is 12.1 Å². The molecule has 1 aliphatic heterocycles. The summed E-state index contributed by atoms with van der Waals surface area (Å²) in [5.41, 5.74) is -0.835. The van der Waals surface area contributed by atoms with Gasteiger partial charge < -0.3 is 10.6 Å². The van der Waals surface area contributed by atoms with Gasteiger partial charge in [0.2, 0.25) is 5.91 Å². The maximum Gasteiger partial charge on any atom is 0.241 e. The zero-order valence-electron chi connectivity index (χ0n) is 12.1. The van der Waals surface area contributed by atoms with E-state index < -0.39 is 22.7 Å². The Hall–Kier alpha value is -1.49. The van der Waals surface area contributed by atoms with E-state index in [-0.39, 0.29) is 5.91 Å². The van der Waals surface area contributed by atoms with Crippen LogP contribution in [0.25, 0.3) is 0 Å². The molecular formula is C16H20F2N2O. The monoisotopic (exact) mass is 294 g/mol. The lowest BCUT2D eigenvalue weighted by molar-refractivity contribution is -0.134. The molecule has 1 aromatic rings. The number of halogens is 2. The number of piperazine rings is 1. The summed E-state index contributed by atoms with van der Waals surface area (Å²) in [6, 6.07) is 3.40. The molecule has 1 saturated heterocycles. The molecule has 1 aliphatic carbocycles. The van der Waals surface area contributed by atoms with E-state index in [0.29, 0.717) is 12.1 Å². The van der Waals surface area contributed by atoms with Crippen molar-refractivity contribution in [3.05, 3.63) is 35.4 Å². The second kappa shape index (κ2) is 5.05. The van der Waals surface area contributed by atoms with Gasteiger partial charge in [-0.15, -0.1) is 0 Å². The fraction of sp³-hybridized carbons (Fsp3) is 0.562. The lowest BCUT2D eigenvalue weighted by Crippen LogP contribution is -2.70. The van der Waals surface area contributed by atoms with E-state index in [9.17, 15) is 13.6 Å². The molecule has 2 aliphatic rings. The normalized spacial score (nSPS) is 28.4. The molecule has 1 amide bonds. The SMILES string of the molecule is C[C@]1(c2cc(F)cc(F)c2)CNC2(CCCCC2)C(=O)N1. The molecule has 3 rings (SSSR count). The zero-order chi connectivity index (χ0) is 15.1. The fourth-order valence-electron chi connectivity index (χ4n) is 3.45. The van der Waals surface area contributed by atoms with Crippen LogP contribution >= 0.6 is 0 Å². The van der Waals surface area contributed by atoms with E-state index in [1.807, 2.05) is 0 Å². The largest absolute Gasteiger partial charge is 0.344 e. The summed E-state index contributed by atoms with van der Waals surface area (Å²) in [6.45, 7) is 2.27. The van der Waals surface area contributed by atoms with Gasteiger partial charge in [0.1, 0.15) is 11.6 Å². The van der Waals surface area contributed by atoms with Gasteiger partial charge in [-0.05, 0) is 37.5 Å². The van der Waals surface area contributed by atoms with Gasteiger partial charge in [-0.1, -0.05) is 19.3 Å². The van der Waals surface area contributed by atoms with Crippen LogP contribution in [0.3, 0.4) is 0 Å². The van der Waals surface area contributed by atoms with Gasteiger partial charge in [-0.25, -0.2) is 8.78 Å². The second-order valence-corrected chi connectivity index (χ2v) is 6.44. The van der Waals surface area contributed by atoms with Crippen LogP contribution in [0.4, 0.5) is 8.78 Å². The van der Waals surface area contributed by atoms with Crippen LogP contribution in [0.5, 0.6) is 0 Å². The molecule has 1 atom stereocenters. The quantitative estimate of drug-likeness (QED) is 0.836. The molecule has 1 aromatic carbocycles. The average molecular weight is 294 g/mol. The molecule has 0 radical (unpaired) electrons. The molecule has 0 unspecified atom stereocenters. The number of hydrogen-bond donors (Lipinski definition) is 2. The van der Waals surface area contributed by atoms with Crippen LogP contribution in [0.2, 0.25) is 0 Å². The van der Waals surface area contributed by atoms with Crippen molar-refractivity contribution in [1.29, 1.82) is 0 Å². The number of amides is 1. The van der Waals surface area contributed by atoms with Gasteiger partial charge in [0.15, 0.2) is 0 Å². The summed E-state index contributed by atoms with van der Waals surface area (Å²) in [7, 11) is 0. The molecule has 1 saturated carbocycles. The molecule has 5 heteroatoms. The van der Waals surface area contributed by atoms with E-state index in [2.05, 4.69) is 10.6 Å². The van der Waals surface area contributed by atoms with Crippen LogP contribution in [-0.2, 0) is 10.3 Å². The molecule has 1 heterocycles. The zero-order valence-corrected chi connectivity index (χ0v) is 12.1. The van der Waals surface area contributed by atoms with Crippen molar-refractivity contribution in [3.63, 3.8) is 0 Å². The predicted octanol–water partition coefficient (Wildman–Crippen LogP) is 2.60. The summed E-state index contributed by atoms with van der Waals surface area (Å²) >= 11 is 0. The number of hydrogen-bond acceptors (Lipinski definition) is 2. The van der Waals surface area contributed by atoms with Crippen LogP contribution in [0.1, 0.15) is 44.6 Å². The van der Waals surface area contributed by atoms with Crippen molar-refractivity contribution >= 4 is 5.91 Å². The van der Waals surface area contributed by atoms with Gasteiger partial charge in [0.05, 0.1) is 11.1 Å². The van der Waals surface area contributed by atoms with Gasteiger partial charge in [-0.3, -0.25) is 4.79 Å². The Bertz CT molecular complexity index is 549. The minimum Gasteiger partial charge on any atom is -0.344 e. The van der Waals surface area contributed by atoms with Crippen LogP contribution in [0.15, 0.2) is 18.2 Å². The molecule has 2 fully saturated rings. The highest BCUT2D eigenvalue weighted by Crippen LogP contribution is 2.34. The molecule has 3 nitrogen and oxygen atoms in total. The third-order valence-corrected chi connectivity index (χ3v) is 4.81. The topological polar surface area (TPSA) is 41.1 Å². The molecule has 2 N–H and O–H groups in total. The number of benzene rings is 1. The van der Waals surface area contributed by atoms with Crippen molar-refractivity contribution in [2.45, 2.75) is 50.1 Å². The van der Waals surface area contributed by atoms with Gasteiger partial charge in [-0.2, -0.15) is 0 Å². The van der Waals surface area contributed by atoms with Crippen molar-refractivity contribution in [2.75, 3.05) is 6.54 Å². The lowest BCUT2D eigenvalue weighted by atomic mass is 9.76. The standard InChI is InChI=1S/C16H20F2N2O/c1-15(11-7-12(17)9-13(18)8-11)10-19-16(14(21)20-15)5-3-2-4-6-16/h7-9,19H,2-6,10H2,1H3,(H,20,21)/t15-/m1/s1. The third kappa shape index (κ3) is 2.55. The Balaban J connectivity index is 1.86. The van der Waals surface area contributed by atoms with E-state index in [1.54, 1.807) is 6.92 Å². The molecule has 1 spiro atoms. The first kappa shape index (κ1) is 14.4. The molecule has 0 bridgehead atoms. The van der Waals surface area contributed by atoms with Crippen LogP contribution in [0, 0.1) is 11.6 Å². The number of nitrogens with one attached hydrogen (secondary N) is 2.